The maximum atomic E-state index is 5.30. The molecule has 2 aliphatic carbocycles. The highest BCUT2D eigenvalue weighted by Crippen LogP contribution is 2.33. The van der Waals surface area contributed by atoms with Crippen LogP contribution >= 0.6 is 0 Å². The molecule has 0 saturated heterocycles. The Kier molecular flexibility index (Phi) is 5.30. The zero-order chi connectivity index (χ0) is 12.1. The van der Waals surface area contributed by atoms with Crippen LogP contribution in [0.5, 0.6) is 0 Å². The Bertz CT molecular complexity index is 215. The van der Waals surface area contributed by atoms with Crippen LogP contribution in [-0.4, -0.2) is 26.3 Å². The molecule has 0 spiro atoms. The van der Waals surface area contributed by atoms with Gasteiger partial charge in [-0.15, -0.1) is 0 Å². The molecule has 0 amide bonds. The highest BCUT2D eigenvalue weighted by molar-refractivity contribution is 4.86. The van der Waals surface area contributed by atoms with Gasteiger partial charge in [0.05, 0.1) is 6.61 Å². The van der Waals surface area contributed by atoms with Crippen molar-refractivity contribution in [2.75, 3.05) is 20.3 Å². The summed E-state index contributed by atoms with van der Waals surface area (Å²) in [5.41, 5.74) is 0. The van der Waals surface area contributed by atoms with Gasteiger partial charge in [-0.1, -0.05) is 26.2 Å². The van der Waals surface area contributed by atoms with E-state index in [0.717, 1.165) is 24.4 Å². The van der Waals surface area contributed by atoms with Gasteiger partial charge in [-0.05, 0) is 50.0 Å². The Morgan fingerprint density at radius 1 is 1.24 bits per heavy atom. The van der Waals surface area contributed by atoms with Crippen LogP contribution in [0.3, 0.4) is 0 Å². The molecular weight excluding hydrogens is 210 g/mol. The topological polar surface area (TPSA) is 21.3 Å². The highest BCUT2D eigenvalue weighted by atomic mass is 16.5. The Balaban J connectivity index is 1.60. The Labute approximate surface area is 107 Å². The summed E-state index contributed by atoms with van der Waals surface area (Å²) in [4.78, 5) is 0. The minimum atomic E-state index is 0.626. The second-order valence-electron chi connectivity index (χ2n) is 6.28. The third kappa shape index (κ3) is 4.59. The molecule has 0 aromatic rings. The van der Waals surface area contributed by atoms with Gasteiger partial charge in [0, 0.05) is 13.2 Å². The van der Waals surface area contributed by atoms with Gasteiger partial charge in [-0.2, -0.15) is 0 Å². The van der Waals surface area contributed by atoms with E-state index in [1.807, 2.05) is 7.11 Å². The maximum Gasteiger partial charge on any atom is 0.0618 e. The van der Waals surface area contributed by atoms with Gasteiger partial charge in [-0.25, -0.2) is 0 Å². The quantitative estimate of drug-likeness (QED) is 0.736. The van der Waals surface area contributed by atoms with Crippen molar-refractivity contribution < 1.29 is 4.74 Å². The van der Waals surface area contributed by atoms with Crippen LogP contribution in [0.15, 0.2) is 0 Å². The highest BCUT2D eigenvalue weighted by Gasteiger charge is 2.30. The average Bonchev–Trinajstić information content (AvgIpc) is 3.12. The maximum absolute atomic E-state index is 5.30. The predicted octanol–water partition coefficient (Wildman–Crippen LogP) is 3.22. The zero-order valence-corrected chi connectivity index (χ0v) is 11.6. The van der Waals surface area contributed by atoms with Gasteiger partial charge in [0.1, 0.15) is 0 Å². The van der Waals surface area contributed by atoms with Crippen molar-refractivity contribution in [3.05, 3.63) is 0 Å². The molecule has 2 fully saturated rings. The molecule has 2 aliphatic rings. The first-order valence-electron chi connectivity index (χ1n) is 7.52. The number of rotatable bonds is 7. The third-order valence-corrected chi connectivity index (χ3v) is 4.54. The normalized spacial score (nSPS) is 31.4. The van der Waals surface area contributed by atoms with Crippen molar-refractivity contribution in [2.45, 2.75) is 57.9 Å². The van der Waals surface area contributed by atoms with Gasteiger partial charge >= 0.3 is 0 Å². The Morgan fingerprint density at radius 3 is 2.71 bits per heavy atom. The molecule has 2 rings (SSSR count). The number of methoxy groups -OCH3 is 1. The summed E-state index contributed by atoms with van der Waals surface area (Å²) < 4.78 is 5.30. The van der Waals surface area contributed by atoms with Crippen molar-refractivity contribution >= 4 is 0 Å². The first kappa shape index (κ1) is 13.4. The molecule has 3 unspecified atom stereocenters. The number of hydrogen-bond acceptors (Lipinski definition) is 2. The fourth-order valence-corrected chi connectivity index (χ4v) is 3.33. The van der Waals surface area contributed by atoms with E-state index in [9.17, 15) is 0 Å². The average molecular weight is 239 g/mol. The second-order valence-corrected chi connectivity index (χ2v) is 6.28. The van der Waals surface area contributed by atoms with Crippen molar-refractivity contribution in [3.8, 4) is 0 Å². The number of hydrogen-bond donors (Lipinski definition) is 1. The minimum Gasteiger partial charge on any atom is -0.383 e. The van der Waals surface area contributed by atoms with E-state index in [1.54, 1.807) is 0 Å². The molecule has 3 atom stereocenters. The molecule has 0 aromatic carbocycles. The van der Waals surface area contributed by atoms with Crippen LogP contribution in [0.25, 0.3) is 0 Å². The summed E-state index contributed by atoms with van der Waals surface area (Å²) in [6, 6.07) is 0.626. The lowest BCUT2D eigenvalue weighted by Crippen LogP contribution is -2.36. The minimum absolute atomic E-state index is 0.626. The molecule has 17 heavy (non-hydrogen) atoms. The predicted molar refractivity (Wildman–Crippen MR) is 72.1 cm³/mol. The largest absolute Gasteiger partial charge is 0.383 e. The van der Waals surface area contributed by atoms with Crippen molar-refractivity contribution in [3.63, 3.8) is 0 Å². The molecule has 2 heteroatoms. The van der Waals surface area contributed by atoms with Crippen LogP contribution in [0.4, 0.5) is 0 Å². The van der Waals surface area contributed by atoms with E-state index in [2.05, 4.69) is 12.2 Å². The fraction of sp³-hybridized carbons (Fsp3) is 1.00. The molecular formula is C15H29NO. The van der Waals surface area contributed by atoms with E-state index >= 15 is 0 Å². The van der Waals surface area contributed by atoms with Crippen molar-refractivity contribution in [2.24, 2.45) is 17.8 Å². The lowest BCUT2D eigenvalue weighted by atomic mass is 9.81. The van der Waals surface area contributed by atoms with Crippen LogP contribution in [0.2, 0.25) is 0 Å². The van der Waals surface area contributed by atoms with Crippen LogP contribution in [-0.2, 0) is 4.74 Å². The van der Waals surface area contributed by atoms with Gasteiger partial charge in [0.15, 0.2) is 0 Å². The molecule has 2 saturated carbocycles. The number of ether oxygens (including phenoxy) is 1. The summed E-state index contributed by atoms with van der Waals surface area (Å²) in [6.07, 6.45) is 10.0. The molecule has 0 heterocycles. The molecule has 0 radical (unpaired) electrons. The van der Waals surface area contributed by atoms with Crippen molar-refractivity contribution in [1.82, 2.24) is 5.32 Å². The zero-order valence-electron chi connectivity index (χ0n) is 11.6. The number of nitrogens with one attached hydrogen (secondary N) is 1. The molecule has 0 bridgehead atoms. The lowest BCUT2D eigenvalue weighted by molar-refractivity contribution is 0.155. The van der Waals surface area contributed by atoms with Gasteiger partial charge in [-0.3, -0.25) is 0 Å². The summed E-state index contributed by atoms with van der Waals surface area (Å²) >= 11 is 0. The first-order chi connectivity index (χ1) is 8.29. The molecule has 2 nitrogen and oxygen atoms in total. The van der Waals surface area contributed by atoms with Crippen molar-refractivity contribution in [1.29, 1.82) is 0 Å². The Morgan fingerprint density at radius 2 is 2.06 bits per heavy atom. The van der Waals surface area contributed by atoms with Crippen LogP contribution in [0.1, 0.15) is 51.9 Å². The third-order valence-electron chi connectivity index (χ3n) is 4.54. The van der Waals surface area contributed by atoms with E-state index < -0.39 is 0 Å². The summed E-state index contributed by atoms with van der Waals surface area (Å²) in [6.45, 7) is 4.51. The van der Waals surface area contributed by atoms with Crippen LogP contribution < -0.4 is 5.32 Å². The molecule has 0 aromatic heterocycles. The fourth-order valence-electron chi connectivity index (χ4n) is 3.33. The Hall–Kier alpha value is -0.0800. The van der Waals surface area contributed by atoms with E-state index in [0.29, 0.717) is 6.04 Å². The summed E-state index contributed by atoms with van der Waals surface area (Å²) in [5, 5.41) is 3.72. The van der Waals surface area contributed by atoms with Crippen LogP contribution in [0, 0.1) is 17.8 Å². The summed E-state index contributed by atoms with van der Waals surface area (Å²) in [5.74, 6) is 2.85. The summed E-state index contributed by atoms with van der Waals surface area (Å²) in [7, 11) is 1.82. The van der Waals surface area contributed by atoms with E-state index in [-0.39, 0.29) is 0 Å². The molecule has 1 N–H and O–H groups in total. The monoisotopic (exact) mass is 239 g/mol. The van der Waals surface area contributed by atoms with E-state index in [4.69, 9.17) is 4.74 Å². The first-order valence-corrected chi connectivity index (χ1v) is 7.52. The second kappa shape index (κ2) is 6.75. The smallest absolute Gasteiger partial charge is 0.0618 e. The standard InChI is InChI=1S/C15H29NO/c1-12-4-3-5-13(10-12)8-9-16-15(11-17-2)14-6-7-14/h12-16H,3-11H2,1-2H3. The van der Waals surface area contributed by atoms with Gasteiger partial charge in [0.25, 0.3) is 0 Å². The van der Waals surface area contributed by atoms with Gasteiger partial charge < -0.3 is 10.1 Å². The van der Waals surface area contributed by atoms with Gasteiger partial charge in [0.2, 0.25) is 0 Å². The SMILES string of the molecule is COCC(NCCC1CCCC(C)C1)C1CC1. The van der Waals surface area contributed by atoms with E-state index in [1.165, 1.54) is 51.5 Å². The molecule has 100 valence electrons. The molecule has 0 aliphatic heterocycles. The lowest BCUT2D eigenvalue weighted by Gasteiger charge is -2.27.